The van der Waals surface area contributed by atoms with Gasteiger partial charge in [0.15, 0.2) is 6.10 Å². The third kappa shape index (κ3) is 67.0. The number of hydrogen-bond donors (Lipinski definition) is 2. The molecule has 2 atom stereocenters. The minimum atomic E-state index is -4.39. The maximum absolute atomic E-state index is 12.8. The van der Waals surface area contributed by atoms with Crippen LogP contribution in [0.4, 0.5) is 0 Å². The Morgan fingerprint density at radius 2 is 0.642 bits per heavy atom. The summed E-state index contributed by atoms with van der Waals surface area (Å²) in [4.78, 5) is 35.4. The van der Waals surface area contributed by atoms with Crippen LogP contribution in [0.15, 0.2) is 48.6 Å². The second kappa shape index (κ2) is 67.1. The molecule has 2 unspecified atom stereocenters. The number of ether oxygens (including phenoxy) is 2. The van der Waals surface area contributed by atoms with Crippen LogP contribution in [0.25, 0.3) is 0 Å². The molecule has 0 aliphatic carbocycles. The molecule has 0 aromatic rings. The van der Waals surface area contributed by atoms with E-state index < -0.39 is 26.5 Å². The smallest absolute Gasteiger partial charge is 0.462 e. The van der Waals surface area contributed by atoms with Crippen LogP contribution in [0.1, 0.15) is 361 Å². The fourth-order valence-corrected chi connectivity index (χ4v) is 11.2. The molecule has 0 aromatic carbocycles. The van der Waals surface area contributed by atoms with E-state index in [1.807, 2.05) is 0 Å². The van der Waals surface area contributed by atoms with Gasteiger partial charge in [0.05, 0.1) is 13.2 Å². The molecule has 0 aliphatic rings. The Morgan fingerprint density at radius 1 is 0.370 bits per heavy atom. The molecule has 0 amide bonds. The van der Waals surface area contributed by atoms with Crippen molar-refractivity contribution in [2.45, 2.75) is 367 Å². The van der Waals surface area contributed by atoms with Gasteiger partial charge in [-0.1, -0.05) is 319 Å². The lowest BCUT2D eigenvalue weighted by Crippen LogP contribution is -2.29. The number of unbranched alkanes of at least 4 members (excludes halogenated alkanes) is 46. The van der Waals surface area contributed by atoms with Gasteiger partial charge in [-0.3, -0.25) is 18.6 Å². The maximum atomic E-state index is 12.8. The molecule has 0 radical (unpaired) electrons. The summed E-state index contributed by atoms with van der Waals surface area (Å²) in [6, 6.07) is 0. The average Bonchev–Trinajstić information content (AvgIpc) is 3.46. The summed E-state index contributed by atoms with van der Waals surface area (Å²) in [7, 11) is -4.39. The first kappa shape index (κ1) is 79.0. The predicted molar refractivity (Wildman–Crippen MR) is 349 cm³/mol. The Kier molecular flexibility index (Phi) is 65.4. The van der Waals surface area contributed by atoms with E-state index in [0.717, 1.165) is 44.9 Å². The molecule has 0 aromatic heterocycles. The van der Waals surface area contributed by atoms with E-state index in [9.17, 15) is 19.0 Å². The first-order valence-corrected chi connectivity index (χ1v) is 36.6. The normalized spacial score (nSPS) is 13.2. The summed E-state index contributed by atoms with van der Waals surface area (Å²) >= 11 is 0. The third-order valence-electron chi connectivity index (χ3n) is 15.7. The van der Waals surface area contributed by atoms with Crippen LogP contribution in [-0.4, -0.2) is 49.3 Å². The molecule has 0 rings (SSSR count). The number of allylic oxidation sites excluding steroid dienone is 8. The maximum Gasteiger partial charge on any atom is 0.472 e. The number of hydrogen-bond acceptors (Lipinski definition) is 8. The van der Waals surface area contributed by atoms with E-state index in [-0.39, 0.29) is 38.6 Å². The minimum absolute atomic E-state index is 0.0549. The van der Waals surface area contributed by atoms with Crippen molar-refractivity contribution in [1.82, 2.24) is 0 Å². The van der Waals surface area contributed by atoms with Crippen LogP contribution in [0, 0.1) is 0 Å². The number of esters is 2. The molecular formula is C71H134NO8P. The molecule has 0 fully saturated rings. The highest BCUT2D eigenvalue weighted by Crippen LogP contribution is 2.43. The standard InChI is InChI=1S/C71H134NO8P/c1-3-5-7-9-11-13-15-17-19-21-23-25-27-29-31-32-33-34-35-36-38-40-42-44-46-48-50-52-54-56-58-60-62-64-71(74)80-69(68-79-81(75,76)78-66-65-72)67-77-70(73)63-61-59-57-55-53-51-49-47-45-43-41-39-37-30-28-26-24-22-20-18-16-14-12-10-8-6-4-2/h15,17,21-24,27,29,69H,3-14,16,18-20,25-26,28,30-68,72H2,1-2H3,(H,75,76)/b17-15-,23-21-,24-22-,29-27-. The second-order valence-electron chi connectivity index (χ2n) is 23.7. The van der Waals surface area contributed by atoms with Crippen molar-refractivity contribution in [1.29, 1.82) is 0 Å². The molecule has 9 nitrogen and oxygen atoms in total. The summed E-state index contributed by atoms with van der Waals surface area (Å²) in [6.45, 7) is 3.80. The van der Waals surface area contributed by atoms with Crippen molar-refractivity contribution < 1.29 is 37.6 Å². The number of rotatable bonds is 67. The Hall–Kier alpha value is -2.03. The topological polar surface area (TPSA) is 134 Å². The largest absolute Gasteiger partial charge is 0.472 e. The number of carbonyl (C=O) groups excluding carboxylic acids is 2. The zero-order valence-electron chi connectivity index (χ0n) is 53.5. The molecule has 81 heavy (non-hydrogen) atoms. The van der Waals surface area contributed by atoms with Crippen LogP contribution >= 0.6 is 7.82 Å². The number of phosphoric acid groups is 1. The second-order valence-corrected chi connectivity index (χ2v) is 25.2. The van der Waals surface area contributed by atoms with Crippen molar-refractivity contribution in [3.63, 3.8) is 0 Å². The molecule has 10 heteroatoms. The zero-order chi connectivity index (χ0) is 58.7. The van der Waals surface area contributed by atoms with Gasteiger partial charge in [0.1, 0.15) is 6.61 Å². The fourth-order valence-electron chi connectivity index (χ4n) is 10.5. The average molecular weight is 1160 g/mol. The van der Waals surface area contributed by atoms with Crippen molar-refractivity contribution >= 4 is 19.8 Å². The Labute approximate surface area is 502 Å². The summed E-state index contributed by atoms with van der Waals surface area (Å²) in [5.74, 6) is -0.808. The van der Waals surface area contributed by atoms with Gasteiger partial charge in [-0.05, 0) is 77.0 Å². The Morgan fingerprint density at radius 3 is 0.963 bits per heavy atom. The highest BCUT2D eigenvalue weighted by Gasteiger charge is 2.26. The Balaban J connectivity index is 3.84. The zero-order valence-corrected chi connectivity index (χ0v) is 54.4. The van der Waals surface area contributed by atoms with Gasteiger partial charge in [-0.15, -0.1) is 0 Å². The first-order valence-electron chi connectivity index (χ1n) is 35.1. The van der Waals surface area contributed by atoms with Gasteiger partial charge >= 0.3 is 19.8 Å². The van der Waals surface area contributed by atoms with E-state index in [1.165, 1.54) is 283 Å². The molecule has 0 bridgehead atoms. The number of carbonyl (C=O) groups is 2. The summed E-state index contributed by atoms with van der Waals surface area (Å²) < 4.78 is 33.2. The van der Waals surface area contributed by atoms with E-state index in [0.29, 0.717) is 6.42 Å². The van der Waals surface area contributed by atoms with Crippen LogP contribution < -0.4 is 5.73 Å². The predicted octanol–water partition coefficient (Wildman–Crippen LogP) is 22.9. The molecule has 3 N–H and O–H groups in total. The van der Waals surface area contributed by atoms with Gasteiger partial charge in [0.2, 0.25) is 0 Å². The first-order chi connectivity index (χ1) is 39.8. The molecule has 0 saturated heterocycles. The fraction of sp³-hybridized carbons (Fsp3) is 0.859. The number of nitrogens with two attached hydrogens (primary N) is 1. The number of phosphoric ester groups is 1. The van der Waals surface area contributed by atoms with Gasteiger partial charge in [-0.25, -0.2) is 4.57 Å². The summed E-state index contributed by atoms with van der Waals surface area (Å²) in [5.41, 5.74) is 5.40. The summed E-state index contributed by atoms with van der Waals surface area (Å²) in [5, 5.41) is 0. The van der Waals surface area contributed by atoms with Crippen molar-refractivity contribution in [2.75, 3.05) is 26.4 Å². The van der Waals surface area contributed by atoms with Crippen molar-refractivity contribution in [3.05, 3.63) is 48.6 Å². The van der Waals surface area contributed by atoms with E-state index in [1.54, 1.807) is 0 Å². The van der Waals surface area contributed by atoms with Crippen LogP contribution in [0.5, 0.6) is 0 Å². The van der Waals surface area contributed by atoms with Crippen molar-refractivity contribution in [2.24, 2.45) is 5.73 Å². The lowest BCUT2D eigenvalue weighted by atomic mass is 10.0. The minimum Gasteiger partial charge on any atom is -0.462 e. The highest BCUT2D eigenvalue weighted by molar-refractivity contribution is 7.47. The van der Waals surface area contributed by atoms with Crippen LogP contribution in [-0.2, 0) is 32.7 Å². The lowest BCUT2D eigenvalue weighted by Gasteiger charge is -2.19. The van der Waals surface area contributed by atoms with Crippen LogP contribution in [0.3, 0.4) is 0 Å². The van der Waals surface area contributed by atoms with Crippen LogP contribution in [0.2, 0.25) is 0 Å². The van der Waals surface area contributed by atoms with Gasteiger partial charge < -0.3 is 20.1 Å². The highest BCUT2D eigenvalue weighted by atomic mass is 31.2. The molecule has 0 spiro atoms. The van der Waals surface area contributed by atoms with Gasteiger partial charge in [0, 0.05) is 19.4 Å². The Bertz CT molecular complexity index is 1470. The SMILES string of the molecule is CCCCCCC/C=C\C/C=C\C/C=C\CCCCCCCCCCCCCCCCCCCCC(=O)OC(COC(=O)CCCCCCCCCCCCCCCCC/C=C\CCCCCCCCCC)COP(=O)(O)OCCN. The quantitative estimate of drug-likeness (QED) is 0.0264. The molecule has 0 heterocycles. The van der Waals surface area contributed by atoms with E-state index in [4.69, 9.17) is 24.3 Å². The van der Waals surface area contributed by atoms with E-state index in [2.05, 4.69) is 62.5 Å². The molecular weight excluding hydrogens is 1030 g/mol. The monoisotopic (exact) mass is 1160 g/mol. The van der Waals surface area contributed by atoms with Crippen molar-refractivity contribution in [3.8, 4) is 0 Å². The molecule has 0 saturated carbocycles. The molecule has 0 aliphatic heterocycles. The lowest BCUT2D eigenvalue weighted by molar-refractivity contribution is -0.161. The van der Waals surface area contributed by atoms with Gasteiger partial charge in [-0.2, -0.15) is 0 Å². The molecule has 476 valence electrons. The van der Waals surface area contributed by atoms with Gasteiger partial charge in [0.25, 0.3) is 0 Å². The van der Waals surface area contributed by atoms with E-state index >= 15 is 0 Å². The third-order valence-corrected chi connectivity index (χ3v) is 16.7. The summed E-state index contributed by atoms with van der Waals surface area (Å²) in [6.07, 6.45) is 84.9.